The van der Waals surface area contributed by atoms with Gasteiger partial charge < -0.3 is 4.74 Å². The predicted molar refractivity (Wildman–Crippen MR) is 96.4 cm³/mol. The lowest BCUT2D eigenvalue weighted by molar-refractivity contribution is 0.305. The minimum Gasteiger partial charge on any atom is -0.494 e. The SMILES string of the molecule is CCCCCCOc1ccc(-c2ccn(-c3ccccn3)n2)cc1. The van der Waals surface area contributed by atoms with Gasteiger partial charge in [-0.05, 0) is 48.9 Å². The van der Waals surface area contributed by atoms with Crippen LogP contribution in [0.15, 0.2) is 60.9 Å². The molecule has 0 fully saturated rings. The molecule has 0 unspecified atom stereocenters. The third kappa shape index (κ3) is 4.22. The highest BCUT2D eigenvalue weighted by molar-refractivity contribution is 5.59. The summed E-state index contributed by atoms with van der Waals surface area (Å²) < 4.78 is 7.57. The molecule has 4 nitrogen and oxygen atoms in total. The zero-order valence-electron chi connectivity index (χ0n) is 14.1. The molecule has 0 saturated carbocycles. The molecule has 2 heterocycles. The maximum Gasteiger partial charge on any atom is 0.153 e. The van der Waals surface area contributed by atoms with E-state index in [1.165, 1.54) is 19.3 Å². The van der Waals surface area contributed by atoms with Gasteiger partial charge in [0.15, 0.2) is 5.82 Å². The second-order valence-electron chi connectivity index (χ2n) is 5.77. The Morgan fingerprint density at radius 2 is 1.83 bits per heavy atom. The topological polar surface area (TPSA) is 39.9 Å². The van der Waals surface area contributed by atoms with Crippen LogP contribution in [-0.4, -0.2) is 21.4 Å². The third-order valence-electron chi connectivity index (χ3n) is 3.89. The zero-order valence-corrected chi connectivity index (χ0v) is 14.1. The highest BCUT2D eigenvalue weighted by Gasteiger charge is 2.05. The second-order valence-corrected chi connectivity index (χ2v) is 5.77. The third-order valence-corrected chi connectivity index (χ3v) is 3.89. The van der Waals surface area contributed by atoms with Gasteiger partial charge >= 0.3 is 0 Å². The van der Waals surface area contributed by atoms with Crippen molar-refractivity contribution >= 4 is 0 Å². The van der Waals surface area contributed by atoms with Crippen molar-refractivity contribution in [2.75, 3.05) is 6.61 Å². The van der Waals surface area contributed by atoms with E-state index >= 15 is 0 Å². The van der Waals surface area contributed by atoms with Gasteiger partial charge in [-0.25, -0.2) is 9.67 Å². The Hall–Kier alpha value is -2.62. The zero-order chi connectivity index (χ0) is 16.6. The Morgan fingerprint density at radius 1 is 0.958 bits per heavy atom. The van der Waals surface area contributed by atoms with Crippen LogP contribution in [0.1, 0.15) is 32.6 Å². The standard InChI is InChI=1S/C20H23N3O/c1-2-3-4-7-16-24-18-11-9-17(10-12-18)19-13-15-23(22-19)20-8-5-6-14-21-20/h5-6,8-15H,2-4,7,16H2,1H3. The number of hydrogen-bond acceptors (Lipinski definition) is 3. The molecule has 0 spiro atoms. The van der Waals surface area contributed by atoms with Crippen molar-refractivity contribution in [2.45, 2.75) is 32.6 Å². The predicted octanol–water partition coefficient (Wildman–Crippen LogP) is 4.89. The minimum atomic E-state index is 0.785. The van der Waals surface area contributed by atoms with Crippen LogP contribution in [-0.2, 0) is 0 Å². The van der Waals surface area contributed by atoms with Gasteiger partial charge in [0.1, 0.15) is 5.75 Å². The fraction of sp³-hybridized carbons (Fsp3) is 0.300. The van der Waals surface area contributed by atoms with Crippen LogP contribution < -0.4 is 4.74 Å². The summed E-state index contributed by atoms with van der Waals surface area (Å²) in [7, 11) is 0. The van der Waals surface area contributed by atoms with Crippen molar-refractivity contribution in [2.24, 2.45) is 0 Å². The molecule has 0 atom stereocenters. The number of benzene rings is 1. The fourth-order valence-electron chi connectivity index (χ4n) is 2.54. The molecule has 0 bridgehead atoms. The van der Waals surface area contributed by atoms with Gasteiger partial charge in [0.25, 0.3) is 0 Å². The van der Waals surface area contributed by atoms with E-state index in [4.69, 9.17) is 4.74 Å². The summed E-state index contributed by atoms with van der Waals surface area (Å²) in [6.45, 7) is 3.00. The first-order valence-electron chi connectivity index (χ1n) is 8.57. The number of aromatic nitrogens is 3. The Bertz CT molecular complexity index is 735. The van der Waals surface area contributed by atoms with E-state index in [0.29, 0.717) is 0 Å². The molecule has 24 heavy (non-hydrogen) atoms. The first kappa shape index (κ1) is 16.2. The van der Waals surface area contributed by atoms with Crippen molar-refractivity contribution in [3.8, 4) is 22.8 Å². The van der Waals surface area contributed by atoms with Crippen molar-refractivity contribution < 1.29 is 4.74 Å². The summed E-state index contributed by atoms with van der Waals surface area (Å²) in [5, 5.41) is 4.59. The average molecular weight is 321 g/mol. The average Bonchev–Trinajstić information content (AvgIpc) is 3.13. The Balaban J connectivity index is 1.61. The molecule has 0 amide bonds. The number of ether oxygens (including phenoxy) is 1. The maximum absolute atomic E-state index is 5.78. The van der Waals surface area contributed by atoms with Crippen molar-refractivity contribution in [1.29, 1.82) is 0 Å². The quantitative estimate of drug-likeness (QED) is 0.554. The smallest absolute Gasteiger partial charge is 0.153 e. The molecule has 4 heteroatoms. The molecule has 3 aromatic rings. The van der Waals surface area contributed by atoms with E-state index in [2.05, 4.69) is 17.0 Å². The minimum absolute atomic E-state index is 0.785. The fourth-order valence-corrected chi connectivity index (χ4v) is 2.54. The lowest BCUT2D eigenvalue weighted by Gasteiger charge is -2.06. The Morgan fingerprint density at radius 3 is 2.58 bits per heavy atom. The number of pyridine rings is 1. The maximum atomic E-state index is 5.78. The number of unbranched alkanes of at least 4 members (excludes halogenated alkanes) is 3. The molecule has 0 saturated heterocycles. The van der Waals surface area contributed by atoms with Gasteiger partial charge in [0.2, 0.25) is 0 Å². The normalized spacial score (nSPS) is 10.7. The van der Waals surface area contributed by atoms with Crippen molar-refractivity contribution in [3.63, 3.8) is 0 Å². The Kier molecular flexibility index (Phi) is 5.61. The van der Waals surface area contributed by atoms with E-state index in [-0.39, 0.29) is 0 Å². The van der Waals surface area contributed by atoms with E-state index in [1.807, 2.05) is 54.7 Å². The van der Waals surface area contributed by atoms with Crippen LogP contribution in [0.2, 0.25) is 0 Å². The number of nitrogens with zero attached hydrogens (tertiary/aromatic N) is 3. The lowest BCUT2D eigenvalue weighted by Crippen LogP contribution is -1.98. The van der Waals surface area contributed by atoms with Crippen molar-refractivity contribution in [3.05, 3.63) is 60.9 Å². The molecular formula is C20H23N3O. The summed E-state index contributed by atoms with van der Waals surface area (Å²) in [4.78, 5) is 4.31. The summed E-state index contributed by atoms with van der Waals surface area (Å²) in [6, 6.07) is 15.9. The van der Waals surface area contributed by atoms with Gasteiger partial charge in [-0.15, -0.1) is 0 Å². The molecule has 0 aliphatic carbocycles. The largest absolute Gasteiger partial charge is 0.494 e. The number of rotatable bonds is 8. The molecule has 0 aliphatic heterocycles. The summed E-state index contributed by atoms with van der Waals surface area (Å²) in [6.07, 6.45) is 8.57. The van der Waals surface area contributed by atoms with E-state index in [9.17, 15) is 0 Å². The monoisotopic (exact) mass is 321 g/mol. The van der Waals surface area contributed by atoms with Gasteiger partial charge in [-0.2, -0.15) is 5.10 Å². The van der Waals surface area contributed by atoms with E-state index in [1.54, 1.807) is 10.9 Å². The van der Waals surface area contributed by atoms with Gasteiger partial charge in [-0.1, -0.05) is 32.3 Å². The molecule has 1 aromatic carbocycles. The van der Waals surface area contributed by atoms with E-state index in [0.717, 1.165) is 35.9 Å². The molecular weight excluding hydrogens is 298 g/mol. The van der Waals surface area contributed by atoms with Crippen LogP contribution in [0, 0.1) is 0 Å². The highest BCUT2D eigenvalue weighted by Crippen LogP contribution is 2.21. The van der Waals surface area contributed by atoms with Crippen LogP contribution >= 0.6 is 0 Å². The molecule has 0 radical (unpaired) electrons. The summed E-state index contributed by atoms with van der Waals surface area (Å²) in [5.74, 6) is 1.73. The van der Waals surface area contributed by atoms with Crippen LogP contribution in [0.3, 0.4) is 0 Å². The number of hydrogen-bond donors (Lipinski definition) is 0. The first-order valence-corrected chi connectivity index (χ1v) is 8.57. The van der Waals surface area contributed by atoms with Crippen molar-refractivity contribution in [1.82, 2.24) is 14.8 Å². The van der Waals surface area contributed by atoms with Crippen LogP contribution in [0.4, 0.5) is 0 Å². The van der Waals surface area contributed by atoms with Gasteiger partial charge in [0.05, 0.1) is 12.3 Å². The lowest BCUT2D eigenvalue weighted by atomic mass is 10.1. The second kappa shape index (κ2) is 8.29. The first-order chi connectivity index (χ1) is 11.9. The summed E-state index contributed by atoms with van der Waals surface area (Å²) in [5.41, 5.74) is 2.00. The van der Waals surface area contributed by atoms with Crippen LogP contribution in [0.5, 0.6) is 5.75 Å². The molecule has 2 aromatic heterocycles. The summed E-state index contributed by atoms with van der Waals surface area (Å²) >= 11 is 0. The van der Waals surface area contributed by atoms with Gasteiger partial charge in [-0.3, -0.25) is 0 Å². The molecule has 0 aliphatic rings. The molecule has 0 N–H and O–H groups in total. The highest BCUT2D eigenvalue weighted by atomic mass is 16.5. The molecule has 3 rings (SSSR count). The Labute approximate surface area is 143 Å². The van der Waals surface area contributed by atoms with E-state index < -0.39 is 0 Å². The van der Waals surface area contributed by atoms with Gasteiger partial charge in [0, 0.05) is 18.0 Å². The molecule has 124 valence electrons. The van der Waals surface area contributed by atoms with Crippen LogP contribution in [0.25, 0.3) is 17.1 Å².